The molecule has 1 N–H and O–H groups in total. The minimum absolute atomic E-state index is 0.0821. The third-order valence-electron chi connectivity index (χ3n) is 3.29. The average Bonchev–Trinajstić information content (AvgIpc) is 2.31. The first kappa shape index (κ1) is 16.1. The highest BCUT2D eigenvalue weighted by atomic mass is 19.1. The fourth-order valence-corrected chi connectivity index (χ4v) is 2.42. The van der Waals surface area contributed by atoms with Gasteiger partial charge in [-0.15, -0.1) is 0 Å². The van der Waals surface area contributed by atoms with E-state index < -0.39 is 5.82 Å². The number of benzene rings is 1. The average molecular weight is 271 g/mol. The number of ether oxygens (including phenoxy) is 1. The van der Waals surface area contributed by atoms with Crippen molar-refractivity contribution in [2.45, 2.75) is 39.3 Å². The summed E-state index contributed by atoms with van der Waals surface area (Å²) in [6.07, 6.45) is 0.288. The highest BCUT2D eigenvalue weighted by Gasteiger charge is 2.32. The fraction of sp³-hybridized carbons (Fsp3) is 0.600. The van der Waals surface area contributed by atoms with Crippen LogP contribution >= 0.6 is 0 Å². The van der Waals surface area contributed by atoms with Gasteiger partial charge in [-0.2, -0.15) is 0 Å². The Morgan fingerprint density at radius 3 is 2.37 bits per heavy atom. The summed E-state index contributed by atoms with van der Waals surface area (Å²) in [6, 6.07) is 3.46. The lowest BCUT2D eigenvalue weighted by Gasteiger charge is -2.36. The van der Waals surface area contributed by atoms with Gasteiger partial charge in [0.25, 0.3) is 0 Å². The number of methoxy groups -OCH3 is 1. The molecule has 0 aliphatic heterocycles. The van der Waals surface area contributed by atoms with Crippen molar-refractivity contribution in [2.24, 2.45) is 5.41 Å². The van der Waals surface area contributed by atoms with Crippen molar-refractivity contribution < 1.29 is 13.5 Å². The number of nitrogens with one attached hydrogen (secondary N) is 1. The molecule has 2 unspecified atom stereocenters. The molecule has 0 saturated carbocycles. The summed E-state index contributed by atoms with van der Waals surface area (Å²) >= 11 is 0. The van der Waals surface area contributed by atoms with E-state index in [-0.39, 0.29) is 23.4 Å². The molecule has 0 aliphatic carbocycles. The Labute approximate surface area is 114 Å². The van der Waals surface area contributed by atoms with E-state index in [0.717, 1.165) is 12.1 Å². The van der Waals surface area contributed by atoms with E-state index in [1.807, 2.05) is 0 Å². The van der Waals surface area contributed by atoms with Crippen LogP contribution in [-0.2, 0) is 11.2 Å². The zero-order valence-corrected chi connectivity index (χ0v) is 12.3. The summed E-state index contributed by atoms with van der Waals surface area (Å²) in [6.45, 7) is 6.19. The van der Waals surface area contributed by atoms with E-state index in [1.165, 1.54) is 6.07 Å². The molecule has 4 heteroatoms. The second-order valence-electron chi connectivity index (χ2n) is 5.86. The number of rotatable bonds is 5. The normalized spacial score (nSPS) is 15.3. The van der Waals surface area contributed by atoms with Crippen LogP contribution in [0.2, 0.25) is 0 Å². The molecule has 0 amide bonds. The van der Waals surface area contributed by atoms with Crippen LogP contribution in [0.3, 0.4) is 0 Å². The molecular formula is C15H23F2NO. The Bertz CT molecular complexity index is 415. The smallest absolute Gasteiger partial charge is 0.126 e. The van der Waals surface area contributed by atoms with Crippen molar-refractivity contribution in [3.8, 4) is 0 Å². The van der Waals surface area contributed by atoms with E-state index >= 15 is 0 Å². The molecular weight excluding hydrogens is 248 g/mol. The summed E-state index contributed by atoms with van der Waals surface area (Å²) in [7, 11) is 3.45. The van der Waals surface area contributed by atoms with Crippen molar-refractivity contribution in [3.05, 3.63) is 35.4 Å². The van der Waals surface area contributed by atoms with Crippen molar-refractivity contribution in [3.63, 3.8) is 0 Å². The maximum atomic E-state index is 13.7. The van der Waals surface area contributed by atoms with Gasteiger partial charge in [-0.1, -0.05) is 20.8 Å². The Morgan fingerprint density at radius 1 is 1.26 bits per heavy atom. The van der Waals surface area contributed by atoms with Gasteiger partial charge in [0.1, 0.15) is 11.6 Å². The van der Waals surface area contributed by atoms with Crippen LogP contribution in [-0.4, -0.2) is 26.3 Å². The van der Waals surface area contributed by atoms with Crippen molar-refractivity contribution >= 4 is 0 Å². The quantitative estimate of drug-likeness (QED) is 0.888. The van der Waals surface area contributed by atoms with E-state index in [1.54, 1.807) is 14.2 Å². The molecule has 0 heterocycles. The molecule has 0 fully saturated rings. The lowest BCUT2D eigenvalue weighted by Crippen LogP contribution is -2.47. The van der Waals surface area contributed by atoms with Crippen molar-refractivity contribution in [1.29, 1.82) is 0 Å². The topological polar surface area (TPSA) is 21.3 Å². The third kappa shape index (κ3) is 4.25. The van der Waals surface area contributed by atoms with E-state index in [0.29, 0.717) is 12.0 Å². The van der Waals surface area contributed by atoms with Crippen LogP contribution < -0.4 is 5.32 Å². The summed E-state index contributed by atoms with van der Waals surface area (Å²) in [5.41, 5.74) is 0.275. The van der Waals surface area contributed by atoms with Gasteiger partial charge >= 0.3 is 0 Å². The molecule has 1 rings (SSSR count). The minimum atomic E-state index is -0.420. The Morgan fingerprint density at radius 2 is 1.89 bits per heavy atom. The highest BCUT2D eigenvalue weighted by Crippen LogP contribution is 2.26. The molecule has 2 atom stereocenters. The van der Waals surface area contributed by atoms with Gasteiger partial charge < -0.3 is 10.1 Å². The van der Waals surface area contributed by atoms with Gasteiger partial charge in [0.15, 0.2) is 0 Å². The highest BCUT2D eigenvalue weighted by molar-refractivity contribution is 5.20. The second kappa shape index (κ2) is 6.44. The monoisotopic (exact) mass is 271 g/mol. The zero-order valence-electron chi connectivity index (χ0n) is 12.3. The molecule has 0 radical (unpaired) electrons. The van der Waals surface area contributed by atoms with Crippen LogP contribution in [0.25, 0.3) is 0 Å². The van der Waals surface area contributed by atoms with Gasteiger partial charge in [-0.05, 0) is 42.6 Å². The number of hydrogen-bond acceptors (Lipinski definition) is 2. The summed E-state index contributed by atoms with van der Waals surface area (Å²) in [5, 5.41) is 3.14. The first-order valence-corrected chi connectivity index (χ1v) is 6.43. The van der Waals surface area contributed by atoms with Crippen LogP contribution in [0.5, 0.6) is 0 Å². The first-order chi connectivity index (χ1) is 8.79. The van der Waals surface area contributed by atoms with E-state index in [9.17, 15) is 8.78 Å². The summed E-state index contributed by atoms with van der Waals surface area (Å²) < 4.78 is 32.4. The Hall–Kier alpha value is -1.00. The van der Waals surface area contributed by atoms with Crippen molar-refractivity contribution in [1.82, 2.24) is 5.32 Å². The maximum absolute atomic E-state index is 13.7. The van der Waals surface area contributed by atoms with Gasteiger partial charge in [0.2, 0.25) is 0 Å². The molecule has 0 spiro atoms. The first-order valence-electron chi connectivity index (χ1n) is 6.43. The number of likely N-dealkylation sites (N-methyl/N-ethyl adjacent to an activating group) is 1. The van der Waals surface area contributed by atoms with Gasteiger partial charge in [-0.3, -0.25) is 0 Å². The Balaban J connectivity index is 2.95. The van der Waals surface area contributed by atoms with Crippen LogP contribution in [0.4, 0.5) is 8.78 Å². The summed E-state index contributed by atoms with van der Waals surface area (Å²) in [5.74, 6) is -0.804. The predicted octanol–water partition coefficient (Wildman–Crippen LogP) is 3.16. The number of hydrogen-bond donors (Lipinski definition) is 1. The molecule has 19 heavy (non-hydrogen) atoms. The molecule has 0 aliphatic rings. The largest absolute Gasteiger partial charge is 0.379 e. The lowest BCUT2D eigenvalue weighted by atomic mass is 9.82. The SMILES string of the molecule is CNC(Cc1cc(F)ccc1F)C(OC)C(C)(C)C. The fourth-order valence-electron chi connectivity index (χ4n) is 2.42. The molecule has 1 aromatic carbocycles. The zero-order chi connectivity index (χ0) is 14.6. The molecule has 1 aromatic rings. The molecule has 108 valence electrons. The predicted molar refractivity (Wildman–Crippen MR) is 73.2 cm³/mol. The lowest BCUT2D eigenvalue weighted by molar-refractivity contribution is -0.00939. The van der Waals surface area contributed by atoms with Crippen molar-refractivity contribution in [2.75, 3.05) is 14.2 Å². The third-order valence-corrected chi connectivity index (χ3v) is 3.29. The minimum Gasteiger partial charge on any atom is -0.379 e. The van der Waals surface area contributed by atoms with E-state index in [2.05, 4.69) is 26.1 Å². The van der Waals surface area contributed by atoms with Gasteiger partial charge in [-0.25, -0.2) is 8.78 Å². The molecule has 0 bridgehead atoms. The van der Waals surface area contributed by atoms with Crippen LogP contribution in [0, 0.1) is 17.0 Å². The molecule has 0 saturated heterocycles. The van der Waals surface area contributed by atoms with Crippen LogP contribution in [0.1, 0.15) is 26.3 Å². The number of halogens is 2. The van der Waals surface area contributed by atoms with Crippen LogP contribution in [0.15, 0.2) is 18.2 Å². The standard InChI is InChI=1S/C15H23F2NO/c1-15(2,3)14(19-5)13(18-4)9-10-8-11(16)6-7-12(10)17/h6-8,13-14,18H,9H2,1-5H3. The molecule has 2 nitrogen and oxygen atoms in total. The van der Waals surface area contributed by atoms with Gasteiger partial charge in [0, 0.05) is 13.2 Å². The molecule has 0 aromatic heterocycles. The Kier molecular flexibility index (Phi) is 5.44. The second-order valence-corrected chi connectivity index (χ2v) is 5.86. The van der Waals surface area contributed by atoms with E-state index in [4.69, 9.17) is 4.74 Å². The van der Waals surface area contributed by atoms with Gasteiger partial charge in [0.05, 0.1) is 6.10 Å². The maximum Gasteiger partial charge on any atom is 0.126 e. The summed E-state index contributed by atoms with van der Waals surface area (Å²) in [4.78, 5) is 0.